The molecule has 1 amide bonds. The summed E-state index contributed by atoms with van der Waals surface area (Å²) < 4.78 is 0. The Labute approximate surface area is 116 Å². The van der Waals surface area contributed by atoms with E-state index >= 15 is 0 Å². The van der Waals surface area contributed by atoms with Crippen molar-refractivity contribution in [3.63, 3.8) is 0 Å². The predicted molar refractivity (Wildman–Crippen MR) is 75.8 cm³/mol. The minimum Gasteiger partial charge on any atom is -0.507 e. The molecule has 1 aliphatic heterocycles. The number of phenolic OH excluding ortho intramolecular Hbond substituents is 1. The highest BCUT2D eigenvalue weighted by Crippen LogP contribution is 2.29. The van der Waals surface area contributed by atoms with Crippen molar-refractivity contribution >= 4 is 28.3 Å². The molecule has 4 heteroatoms. The first-order valence-corrected chi connectivity index (χ1v) is 6.74. The van der Waals surface area contributed by atoms with Crippen LogP contribution in [0.1, 0.15) is 23.2 Å². The Morgan fingerprint density at radius 2 is 1.89 bits per heavy atom. The summed E-state index contributed by atoms with van der Waals surface area (Å²) in [5.41, 5.74) is 0.536. The second kappa shape index (κ2) is 4.74. The van der Waals surface area contributed by atoms with Gasteiger partial charge in [-0.2, -0.15) is 0 Å². The molecule has 19 heavy (non-hydrogen) atoms. The van der Waals surface area contributed by atoms with Gasteiger partial charge in [0, 0.05) is 29.1 Å². The molecule has 0 aliphatic carbocycles. The van der Waals surface area contributed by atoms with Crippen LogP contribution in [0, 0.1) is 0 Å². The van der Waals surface area contributed by atoms with E-state index in [-0.39, 0.29) is 11.7 Å². The highest BCUT2D eigenvalue weighted by atomic mass is 35.5. The van der Waals surface area contributed by atoms with E-state index in [0.29, 0.717) is 16.0 Å². The molecule has 98 valence electrons. The molecule has 0 radical (unpaired) electrons. The topological polar surface area (TPSA) is 40.5 Å². The van der Waals surface area contributed by atoms with E-state index in [4.69, 9.17) is 11.6 Å². The highest BCUT2D eigenvalue weighted by molar-refractivity contribution is 6.31. The monoisotopic (exact) mass is 275 g/mol. The SMILES string of the molecule is O=C(c1cc(O)c2cc(Cl)ccc2c1)N1CCCC1. The fourth-order valence-electron chi connectivity index (χ4n) is 2.54. The van der Waals surface area contributed by atoms with E-state index in [1.165, 1.54) is 6.07 Å². The number of benzene rings is 2. The number of phenols is 1. The average Bonchev–Trinajstić information content (AvgIpc) is 2.92. The van der Waals surface area contributed by atoms with Crippen LogP contribution in [-0.2, 0) is 0 Å². The van der Waals surface area contributed by atoms with E-state index in [2.05, 4.69) is 0 Å². The first-order valence-electron chi connectivity index (χ1n) is 6.37. The quantitative estimate of drug-likeness (QED) is 0.866. The Morgan fingerprint density at radius 1 is 1.16 bits per heavy atom. The Morgan fingerprint density at radius 3 is 2.63 bits per heavy atom. The average molecular weight is 276 g/mol. The van der Waals surface area contributed by atoms with Crippen molar-refractivity contribution in [3.8, 4) is 5.75 Å². The zero-order chi connectivity index (χ0) is 13.4. The van der Waals surface area contributed by atoms with Gasteiger partial charge in [-0.25, -0.2) is 0 Å². The molecule has 0 spiro atoms. The summed E-state index contributed by atoms with van der Waals surface area (Å²) >= 11 is 5.91. The lowest BCUT2D eigenvalue weighted by Gasteiger charge is -2.16. The van der Waals surface area contributed by atoms with E-state index in [1.807, 2.05) is 17.0 Å². The maximum absolute atomic E-state index is 12.3. The van der Waals surface area contributed by atoms with Gasteiger partial charge >= 0.3 is 0 Å². The van der Waals surface area contributed by atoms with E-state index in [9.17, 15) is 9.90 Å². The molecule has 1 heterocycles. The second-order valence-corrected chi connectivity index (χ2v) is 5.30. The summed E-state index contributed by atoms with van der Waals surface area (Å²) in [6.45, 7) is 1.61. The number of likely N-dealkylation sites (tertiary alicyclic amines) is 1. The fourth-order valence-corrected chi connectivity index (χ4v) is 2.71. The van der Waals surface area contributed by atoms with Crippen molar-refractivity contribution in [2.24, 2.45) is 0 Å². The number of rotatable bonds is 1. The number of hydrogen-bond acceptors (Lipinski definition) is 2. The minimum atomic E-state index is -0.00958. The second-order valence-electron chi connectivity index (χ2n) is 4.86. The number of halogens is 1. The molecule has 0 saturated carbocycles. The molecule has 3 nitrogen and oxygen atoms in total. The molecule has 0 unspecified atom stereocenters. The molecule has 1 N–H and O–H groups in total. The molecular weight excluding hydrogens is 262 g/mol. The van der Waals surface area contributed by atoms with Crippen LogP contribution in [0.2, 0.25) is 5.02 Å². The fraction of sp³-hybridized carbons (Fsp3) is 0.267. The predicted octanol–water partition coefficient (Wildman–Crippen LogP) is 3.43. The van der Waals surface area contributed by atoms with Crippen molar-refractivity contribution < 1.29 is 9.90 Å². The molecule has 3 rings (SSSR count). The Hall–Kier alpha value is -1.74. The van der Waals surface area contributed by atoms with Crippen LogP contribution in [0.15, 0.2) is 30.3 Å². The lowest BCUT2D eigenvalue weighted by molar-refractivity contribution is 0.0792. The van der Waals surface area contributed by atoms with Gasteiger partial charge in [0.15, 0.2) is 0 Å². The Bertz CT molecular complexity index is 648. The lowest BCUT2D eigenvalue weighted by atomic mass is 10.1. The van der Waals surface area contributed by atoms with Crippen LogP contribution in [0.4, 0.5) is 0 Å². The van der Waals surface area contributed by atoms with Crippen LogP contribution in [-0.4, -0.2) is 29.0 Å². The molecule has 0 aromatic heterocycles. The third kappa shape index (κ3) is 2.26. The normalized spacial score (nSPS) is 15.1. The molecule has 1 aliphatic rings. The van der Waals surface area contributed by atoms with Gasteiger partial charge in [-0.1, -0.05) is 17.7 Å². The van der Waals surface area contributed by atoms with Gasteiger partial charge in [-0.05, 0) is 42.5 Å². The zero-order valence-corrected chi connectivity index (χ0v) is 11.2. The summed E-state index contributed by atoms with van der Waals surface area (Å²) in [5, 5.41) is 12.1. The lowest BCUT2D eigenvalue weighted by Crippen LogP contribution is -2.27. The molecule has 0 bridgehead atoms. The number of amides is 1. The first kappa shape index (κ1) is 12.3. The summed E-state index contributed by atoms with van der Waals surface area (Å²) in [6.07, 6.45) is 2.11. The molecule has 2 aromatic rings. The number of fused-ring (bicyclic) bond motifs is 1. The van der Waals surface area contributed by atoms with Gasteiger partial charge in [-0.15, -0.1) is 0 Å². The van der Waals surface area contributed by atoms with Crippen LogP contribution in [0.5, 0.6) is 5.75 Å². The van der Waals surface area contributed by atoms with Gasteiger partial charge in [0.1, 0.15) is 5.75 Å². The van der Waals surface area contributed by atoms with Gasteiger partial charge in [0.2, 0.25) is 0 Å². The number of nitrogens with zero attached hydrogens (tertiary/aromatic N) is 1. The number of aromatic hydroxyl groups is 1. The van der Waals surface area contributed by atoms with E-state index in [0.717, 1.165) is 31.3 Å². The standard InChI is InChI=1S/C15H14ClNO2/c16-12-4-3-10-7-11(8-14(18)13(10)9-12)15(19)17-5-1-2-6-17/h3-4,7-9,18H,1-2,5-6H2. The summed E-state index contributed by atoms with van der Waals surface area (Å²) in [7, 11) is 0. The molecular formula is C15H14ClNO2. The van der Waals surface area contributed by atoms with Gasteiger partial charge < -0.3 is 10.0 Å². The zero-order valence-electron chi connectivity index (χ0n) is 10.4. The molecule has 1 fully saturated rings. The third-order valence-corrected chi connectivity index (χ3v) is 3.77. The van der Waals surface area contributed by atoms with E-state index in [1.54, 1.807) is 12.1 Å². The summed E-state index contributed by atoms with van der Waals surface area (Å²) in [4.78, 5) is 14.1. The maximum Gasteiger partial charge on any atom is 0.254 e. The minimum absolute atomic E-state index is 0.00958. The van der Waals surface area contributed by atoms with Crippen LogP contribution >= 0.6 is 11.6 Å². The van der Waals surface area contributed by atoms with Gasteiger partial charge in [-0.3, -0.25) is 4.79 Å². The van der Waals surface area contributed by atoms with E-state index < -0.39 is 0 Å². The van der Waals surface area contributed by atoms with Crippen molar-refractivity contribution in [1.29, 1.82) is 0 Å². The van der Waals surface area contributed by atoms with Crippen LogP contribution in [0.25, 0.3) is 10.8 Å². The smallest absolute Gasteiger partial charge is 0.254 e. The highest BCUT2D eigenvalue weighted by Gasteiger charge is 2.20. The molecule has 0 atom stereocenters. The van der Waals surface area contributed by atoms with Crippen molar-refractivity contribution in [2.45, 2.75) is 12.8 Å². The van der Waals surface area contributed by atoms with Crippen molar-refractivity contribution in [1.82, 2.24) is 4.90 Å². The van der Waals surface area contributed by atoms with Crippen molar-refractivity contribution in [2.75, 3.05) is 13.1 Å². The maximum atomic E-state index is 12.3. The molecule has 1 saturated heterocycles. The first-order chi connectivity index (χ1) is 9.15. The van der Waals surface area contributed by atoms with Crippen LogP contribution < -0.4 is 0 Å². The van der Waals surface area contributed by atoms with Gasteiger partial charge in [0.05, 0.1) is 0 Å². The molecule has 2 aromatic carbocycles. The third-order valence-electron chi connectivity index (χ3n) is 3.53. The number of carbonyl (C=O) groups excluding carboxylic acids is 1. The van der Waals surface area contributed by atoms with Gasteiger partial charge in [0.25, 0.3) is 5.91 Å². The Kier molecular flexibility index (Phi) is 3.07. The number of hydrogen-bond donors (Lipinski definition) is 1. The Balaban J connectivity index is 2.05. The van der Waals surface area contributed by atoms with Crippen molar-refractivity contribution in [3.05, 3.63) is 40.9 Å². The largest absolute Gasteiger partial charge is 0.507 e. The number of carbonyl (C=O) groups is 1. The van der Waals surface area contributed by atoms with Crippen LogP contribution in [0.3, 0.4) is 0 Å². The summed E-state index contributed by atoms with van der Waals surface area (Å²) in [6, 6.07) is 8.62. The summed E-state index contributed by atoms with van der Waals surface area (Å²) in [5.74, 6) is 0.0900.